The molecule has 1 fully saturated rings. The van der Waals surface area contributed by atoms with Gasteiger partial charge in [0.25, 0.3) is 0 Å². The Hall–Kier alpha value is -0.770. The molecule has 0 aromatic heterocycles. The van der Waals surface area contributed by atoms with Crippen LogP contribution in [0.4, 0.5) is 0 Å². The van der Waals surface area contributed by atoms with E-state index in [2.05, 4.69) is 5.32 Å². The summed E-state index contributed by atoms with van der Waals surface area (Å²) in [6, 6.07) is 6.13. The predicted octanol–water partition coefficient (Wildman–Crippen LogP) is 2.13. The van der Waals surface area contributed by atoms with Crippen LogP contribution in [0.25, 0.3) is 0 Å². The number of aliphatic hydroxyl groups is 1. The molecule has 0 bridgehead atoms. The van der Waals surface area contributed by atoms with Gasteiger partial charge in [-0.05, 0) is 30.5 Å². The Morgan fingerprint density at radius 2 is 2.31 bits per heavy atom. The van der Waals surface area contributed by atoms with Crippen molar-refractivity contribution >= 4 is 11.6 Å². The molecule has 0 saturated heterocycles. The van der Waals surface area contributed by atoms with E-state index in [0.29, 0.717) is 16.8 Å². The number of aliphatic hydroxyl groups excluding tert-OH is 1. The molecule has 1 aromatic rings. The van der Waals surface area contributed by atoms with E-state index >= 15 is 0 Å². The van der Waals surface area contributed by atoms with Crippen LogP contribution in [0.5, 0.6) is 5.75 Å². The maximum atomic E-state index is 9.34. The number of halogens is 1. The highest BCUT2D eigenvalue weighted by atomic mass is 35.5. The smallest absolute Gasteiger partial charge is 0.137 e. The first-order valence-electron chi connectivity index (χ1n) is 5.45. The number of hydrogen-bond acceptors (Lipinski definition) is 3. The third kappa shape index (κ3) is 2.67. The third-order valence-corrected chi connectivity index (χ3v) is 3.07. The second-order valence-corrected chi connectivity index (χ2v) is 4.48. The topological polar surface area (TPSA) is 41.5 Å². The van der Waals surface area contributed by atoms with Gasteiger partial charge in [-0.25, -0.2) is 0 Å². The largest absolute Gasteiger partial charge is 0.495 e. The Morgan fingerprint density at radius 1 is 1.56 bits per heavy atom. The van der Waals surface area contributed by atoms with Crippen LogP contribution in [-0.4, -0.2) is 24.9 Å². The Morgan fingerprint density at radius 3 is 2.81 bits per heavy atom. The highest BCUT2D eigenvalue weighted by Gasteiger charge is 2.25. The van der Waals surface area contributed by atoms with Crippen molar-refractivity contribution in [1.82, 2.24) is 5.32 Å². The summed E-state index contributed by atoms with van der Waals surface area (Å²) in [4.78, 5) is 0. The Bertz CT molecular complexity index is 366. The first kappa shape index (κ1) is 11.7. The number of ether oxygens (including phenoxy) is 1. The van der Waals surface area contributed by atoms with Crippen LogP contribution in [0.15, 0.2) is 18.2 Å². The molecule has 1 saturated carbocycles. The molecule has 0 aliphatic heterocycles. The molecular formula is C12H16ClNO2. The summed E-state index contributed by atoms with van der Waals surface area (Å²) in [6.07, 6.45) is 2.39. The first-order chi connectivity index (χ1) is 7.74. The summed E-state index contributed by atoms with van der Waals surface area (Å²) in [5, 5.41) is 13.3. The minimum Gasteiger partial charge on any atom is -0.495 e. The van der Waals surface area contributed by atoms with E-state index in [4.69, 9.17) is 16.3 Å². The van der Waals surface area contributed by atoms with E-state index in [0.717, 1.165) is 5.56 Å². The summed E-state index contributed by atoms with van der Waals surface area (Å²) < 4.78 is 5.09. The van der Waals surface area contributed by atoms with Crippen LogP contribution in [-0.2, 0) is 0 Å². The molecule has 1 aliphatic rings. The fourth-order valence-corrected chi connectivity index (χ4v) is 1.95. The normalized spacial score (nSPS) is 17.2. The highest BCUT2D eigenvalue weighted by Crippen LogP contribution is 2.29. The van der Waals surface area contributed by atoms with E-state index in [1.807, 2.05) is 18.2 Å². The lowest BCUT2D eigenvalue weighted by molar-refractivity contribution is 0.243. The second kappa shape index (κ2) is 5.04. The Kier molecular flexibility index (Phi) is 3.69. The standard InChI is InChI=1S/C12H16ClNO2/c1-16-12-5-2-8(6-10(12)13)11(7-15)14-9-3-4-9/h2,5-6,9,11,14-15H,3-4,7H2,1H3. The molecular weight excluding hydrogens is 226 g/mol. The lowest BCUT2D eigenvalue weighted by Gasteiger charge is -2.17. The van der Waals surface area contributed by atoms with Crippen LogP contribution in [0.1, 0.15) is 24.4 Å². The Labute approximate surface area is 100 Å². The molecule has 2 N–H and O–H groups in total. The van der Waals surface area contributed by atoms with Crippen molar-refractivity contribution in [2.45, 2.75) is 24.9 Å². The molecule has 1 aromatic carbocycles. The molecule has 4 heteroatoms. The van der Waals surface area contributed by atoms with Gasteiger partial charge in [0.05, 0.1) is 24.8 Å². The van der Waals surface area contributed by atoms with Crippen LogP contribution >= 0.6 is 11.6 Å². The van der Waals surface area contributed by atoms with Gasteiger partial charge < -0.3 is 15.2 Å². The van der Waals surface area contributed by atoms with Gasteiger partial charge in [0.15, 0.2) is 0 Å². The number of rotatable bonds is 5. The zero-order valence-corrected chi connectivity index (χ0v) is 10.00. The molecule has 0 amide bonds. The van der Waals surface area contributed by atoms with Crippen LogP contribution in [0.3, 0.4) is 0 Å². The quantitative estimate of drug-likeness (QED) is 0.830. The number of hydrogen-bond donors (Lipinski definition) is 2. The monoisotopic (exact) mass is 241 g/mol. The molecule has 0 spiro atoms. The third-order valence-electron chi connectivity index (χ3n) is 2.78. The van der Waals surface area contributed by atoms with Gasteiger partial charge in [0.1, 0.15) is 5.75 Å². The number of nitrogens with one attached hydrogen (secondary N) is 1. The van der Waals surface area contributed by atoms with Crippen molar-refractivity contribution in [2.24, 2.45) is 0 Å². The lowest BCUT2D eigenvalue weighted by atomic mass is 10.1. The predicted molar refractivity (Wildman–Crippen MR) is 64.0 cm³/mol. The van der Waals surface area contributed by atoms with E-state index in [9.17, 15) is 5.11 Å². The van der Waals surface area contributed by atoms with Crippen molar-refractivity contribution in [3.05, 3.63) is 28.8 Å². The molecule has 1 aliphatic carbocycles. The van der Waals surface area contributed by atoms with Crippen molar-refractivity contribution in [2.75, 3.05) is 13.7 Å². The van der Waals surface area contributed by atoms with Crippen LogP contribution < -0.4 is 10.1 Å². The molecule has 1 atom stereocenters. The van der Waals surface area contributed by atoms with Gasteiger partial charge in [-0.3, -0.25) is 0 Å². The summed E-state index contributed by atoms with van der Waals surface area (Å²) in [6.45, 7) is 0.0825. The van der Waals surface area contributed by atoms with Crippen LogP contribution in [0, 0.1) is 0 Å². The molecule has 0 radical (unpaired) electrons. The van der Waals surface area contributed by atoms with Crippen molar-refractivity contribution < 1.29 is 9.84 Å². The van der Waals surface area contributed by atoms with Gasteiger partial charge in [-0.1, -0.05) is 17.7 Å². The summed E-state index contributed by atoms with van der Waals surface area (Å²) in [5.74, 6) is 0.661. The van der Waals surface area contributed by atoms with Gasteiger partial charge in [0, 0.05) is 6.04 Å². The van der Waals surface area contributed by atoms with Crippen molar-refractivity contribution in [3.8, 4) is 5.75 Å². The Balaban J connectivity index is 2.13. The molecule has 3 nitrogen and oxygen atoms in total. The number of benzene rings is 1. The molecule has 16 heavy (non-hydrogen) atoms. The fraction of sp³-hybridized carbons (Fsp3) is 0.500. The first-order valence-corrected chi connectivity index (χ1v) is 5.82. The minimum absolute atomic E-state index is 0.0316. The highest BCUT2D eigenvalue weighted by molar-refractivity contribution is 6.32. The van der Waals surface area contributed by atoms with E-state index in [-0.39, 0.29) is 12.6 Å². The molecule has 88 valence electrons. The van der Waals surface area contributed by atoms with Gasteiger partial charge in [0.2, 0.25) is 0 Å². The molecule has 1 unspecified atom stereocenters. The van der Waals surface area contributed by atoms with E-state index in [1.54, 1.807) is 7.11 Å². The molecule has 2 rings (SSSR count). The van der Waals surface area contributed by atoms with Gasteiger partial charge in [-0.2, -0.15) is 0 Å². The fourth-order valence-electron chi connectivity index (χ4n) is 1.69. The van der Waals surface area contributed by atoms with Crippen LogP contribution in [0.2, 0.25) is 5.02 Å². The van der Waals surface area contributed by atoms with Crippen molar-refractivity contribution in [3.63, 3.8) is 0 Å². The van der Waals surface area contributed by atoms with Gasteiger partial charge >= 0.3 is 0 Å². The minimum atomic E-state index is -0.0316. The summed E-state index contributed by atoms with van der Waals surface area (Å²) in [5.41, 5.74) is 1.00. The maximum Gasteiger partial charge on any atom is 0.137 e. The zero-order chi connectivity index (χ0) is 11.5. The zero-order valence-electron chi connectivity index (χ0n) is 9.24. The van der Waals surface area contributed by atoms with Crippen molar-refractivity contribution in [1.29, 1.82) is 0 Å². The average Bonchev–Trinajstić information content (AvgIpc) is 3.09. The molecule has 0 heterocycles. The average molecular weight is 242 g/mol. The maximum absolute atomic E-state index is 9.34. The summed E-state index contributed by atoms with van der Waals surface area (Å²) in [7, 11) is 1.59. The second-order valence-electron chi connectivity index (χ2n) is 4.07. The van der Waals surface area contributed by atoms with E-state index in [1.165, 1.54) is 12.8 Å². The summed E-state index contributed by atoms with van der Waals surface area (Å²) >= 11 is 6.05. The SMILES string of the molecule is COc1ccc(C(CO)NC2CC2)cc1Cl. The lowest BCUT2D eigenvalue weighted by Crippen LogP contribution is -2.26. The van der Waals surface area contributed by atoms with Gasteiger partial charge in [-0.15, -0.1) is 0 Å². The van der Waals surface area contributed by atoms with E-state index < -0.39 is 0 Å². The number of methoxy groups -OCH3 is 1.